The van der Waals surface area contributed by atoms with Gasteiger partial charge in [0.1, 0.15) is 10.7 Å². The van der Waals surface area contributed by atoms with Crippen molar-refractivity contribution in [2.75, 3.05) is 19.7 Å². The van der Waals surface area contributed by atoms with Crippen molar-refractivity contribution in [3.8, 4) is 0 Å². The highest BCUT2D eigenvalue weighted by atomic mass is 32.1. The van der Waals surface area contributed by atoms with E-state index in [1.54, 1.807) is 11.8 Å². The molecular formula is C17H25N5O3S. The number of thiazole rings is 1. The lowest BCUT2D eigenvalue weighted by atomic mass is 10.1. The number of hydrogen-bond donors (Lipinski definition) is 1. The molecule has 1 N–H and O–H groups in total. The average molecular weight is 379 g/mol. The van der Waals surface area contributed by atoms with Crippen LogP contribution in [0.2, 0.25) is 0 Å². The number of carbonyl (C=O) groups is 2. The quantitative estimate of drug-likeness (QED) is 0.882. The maximum Gasteiger partial charge on any atom is 0.409 e. The van der Waals surface area contributed by atoms with Crippen LogP contribution in [0.1, 0.15) is 60.7 Å². The summed E-state index contributed by atoms with van der Waals surface area (Å²) in [4.78, 5) is 27.6. The number of aryl methyl sites for hydroxylation is 1. The molecule has 0 unspecified atom stereocenters. The number of nitrogens with one attached hydrogen (secondary N) is 1. The van der Waals surface area contributed by atoms with Gasteiger partial charge in [0.2, 0.25) is 4.96 Å². The van der Waals surface area contributed by atoms with E-state index in [-0.39, 0.29) is 24.0 Å². The van der Waals surface area contributed by atoms with Gasteiger partial charge in [0.15, 0.2) is 0 Å². The molecule has 2 amide bonds. The summed E-state index contributed by atoms with van der Waals surface area (Å²) in [6.07, 6.45) is 1.18. The van der Waals surface area contributed by atoms with Crippen molar-refractivity contribution in [2.45, 2.75) is 52.5 Å². The SMILES string of the molecule is CCOC(=O)N1CCC(NC(=O)c2sc3nnc(C(C)C)n3c2C)CC1. The standard InChI is InChI=1S/C17H25N5O3S/c1-5-25-17(24)21-8-6-12(7-9-21)18-15(23)13-11(4)22-14(10(2)3)19-20-16(22)26-13/h10,12H,5-9H2,1-4H3,(H,18,23). The number of carbonyl (C=O) groups excluding carboxylic acids is 2. The minimum Gasteiger partial charge on any atom is -0.450 e. The van der Waals surface area contributed by atoms with E-state index in [1.807, 2.05) is 11.3 Å². The average Bonchev–Trinajstić information content (AvgIpc) is 3.16. The summed E-state index contributed by atoms with van der Waals surface area (Å²) in [6, 6.07) is 0.0599. The highest BCUT2D eigenvalue weighted by Crippen LogP contribution is 2.26. The lowest BCUT2D eigenvalue weighted by molar-refractivity contribution is 0.0862. The molecule has 26 heavy (non-hydrogen) atoms. The highest BCUT2D eigenvalue weighted by molar-refractivity contribution is 7.19. The van der Waals surface area contributed by atoms with E-state index in [4.69, 9.17) is 4.74 Å². The molecule has 2 aromatic rings. The van der Waals surface area contributed by atoms with Gasteiger partial charge in [-0.1, -0.05) is 25.2 Å². The Bertz CT molecular complexity index is 805. The van der Waals surface area contributed by atoms with Crippen LogP contribution in [0.5, 0.6) is 0 Å². The monoisotopic (exact) mass is 379 g/mol. The maximum atomic E-state index is 12.7. The van der Waals surface area contributed by atoms with Gasteiger partial charge in [0.25, 0.3) is 5.91 Å². The minimum absolute atomic E-state index is 0.0599. The van der Waals surface area contributed by atoms with Crippen LogP contribution in [-0.2, 0) is 4.74 Å². The van der Waals surface area contributed by atoms with E-state index in [9.17, 15) is 9.59 Å². The van der Waals surface area contributed by atoms with E-state index in [0.717, 1.165) is 29.3 Å². The zero-order valence-corrected chi connectivity index (χ0v) is 16.4. The first kappa shape index (κ1) is 18.6. The van der Waals surface area contributed by atoms with Crippen molar-refractivity contribution < 1.29 is 14.3 Å². The molecule has 1 fully saturated rings. The van der Waals surface area contributed by atoms with Gasteiger partial charge in [0, 0.05) is 30.7 Å². The molecule has 3 heterocycles. The molecule has 2 aromatic heterocycles. The van der Waals surface area contributed by atoms with E-state index < -0.39 is 0 Å². The van der Waals surface area contributed by atoms with Crippen LogP contribution in [0.4, 0.5) is 4.79 Å². The van der Waals surface area contributed by atoms with Crippen LogP contribution < -0.4 is 5.32 Å². The highest BCUT2D eigenvalue weighted by Gasteiger charge is 2.27. The van der Waals surface area contributed by atoms with Gasteiger partial charge in [-0.3, -0.25) is 9.20 Å². The predicted octanol–water partition coefficient (Wildman–Crippen LogP) is 2.57. The molecule has 0 aromatic carbocycles. The molecule has 0 bridgehead atoms. The zero-order chi connectivity index (χ0) is 18.8. The van der Waals surface area contributed by atoms with Crippen molar-refractivity contribution >= 4 is 28.3 Å². The number of fused-ring (bicyclic) bond motifs is 1. The lowest BCUT2D eigenvalue weighted by Gasteiger charge is -2.31. The summed E-state index contributed by atoms with van der Waals surface area (Å²) in [6.45, 7) is 9.41. The first-order valence-corrected chi connectivity index (χ1v) is 9.81. The minimum atomic E-state index is -0.277. The molecule has 0 saturated carbocycles. The largest absolute Gasteiger partial charge is 0.450 e. The maximum absolute atomic E-state index is 12.7. The Balaban J connectivity index is 1.65. The van der Waals surface area contributed by atoms with Crippen molar-refractivity contribution in [1.29, 1.82) is 0 Å². The summed E-state index contributed by atoms with van der Waals surface area (Å²) >= 11 is 1.36. The molecule has 1 saturated heterocycles. The number of likely N-dealkylation sites (tertiary alicyclic amines) is 1. The Morgan fingerprint density at radius 2 is 2.00 bits per heavy atom. The molecule has 1 aliphatic rings. The molecule has 0 radical (unpaired) electrons. The van der Waals surface area contributed by atoms with Crippen LogP contribution in [0.3, 0.4) is 0 Å². The predicted molar refractivity (Wildman–Crippen MR) is 98.8 cm³/mol. The van der Waals surface area contributed by atoms with Crippen LogP contribution in [0, 0.1) is 6.92 Å². The third kappa shape index (κ3) is 3.53. The number of amides is 2. The third-order valence-electron chi connectivity index (χ3n) is 4.59. The molecule has 0 spiro atoms. The van der Waals surface area contributed by atoms with Gasteiger partial charge >= 0.3 is 6.09 Å². The first-order valence-electron chi connectivity index (χ1n) is 8.99. The normalized spacial score (nSPS) is 15.7. The number of nitrogens with zero attached hydrogens (tertiary/aromatic N) is 4. The van der Waals surface area contributed by atoms with Gasteiger partial charge in [-0.2, -0.15) is 0 Å². The summed E-state index contributed by atoms with van der Waals surface area (Å²) in [7, 11) is 0. The Kier molecular flexibility index (Phi) is 5.45. The van der Waals surface area contributed by atoms with Crippen LogP contribution >= 0.6 is 11.3 Å². The smallest absolute Gasteiger partial charge is 0.409 e. The van der Waals surface area contributed by atoms with Crippen LogP contribution in [0.25, 0.3) is 4.96 Å². The molecule has 9 heteroatoms. The second-order valence-corrected chi connectivity index (χ2v) is 7.76. The first-order chi connectivity index (χ1) is 12.4. The van der Waals surface area contributed by atoms with E-state index in [2.05, 4.69) is 29.4 Å². The second-order valence-electron chi connectivity index (χ2n) is 6.78. The van der Waals surface area contributed by atoms with E-state index in [1.165, 1.54) is 11.3 Å². The number of hydrogen-bond acceptors (Lipinski definition) is 6. The van der Waals surface area contributed by atoms with Crippen molar-refractivity contribution in [2.24, 2.45) is 0 Å². The fraction of sp³-hybridized carbons (Fsp3) is 0.647. The summed E-state index contributed by atoms with van der Waals surface area (Å²) in [5, 5.41) is 11.5. The van der Waals surface area contributed by atoms with Gasteiger partial charge in [0.05, 0.1) is 6.61 Å². The van der Waals surface area contributed by atoms with Crippen molar-refractivity contribution in [3.63, 3.8) is 0 Å². The number of ether oxygens (including phenoxy) is 1. The van der Waals surface area contributed by atoms with Gasteiger partial charge < -0.3 is 15.0 Å². The van der Waals surface area contributed by atoms with Crippen LogP contribution in [-0.4, -0.2) is 57.2 Å². The molecule has 3 rings (SSSR count). The van der Waals surface area contributed by atoms with Crippen LogP contribution in [0.15, 0.2) is 0 Å². The fourth-order valence-corrected chi connectivity index (χ4v) is 4.16. The Morgan fingerprint density at radius 1 is 1.31 bits per heavy atom. The topological polar surface area (TPSA) is 88.8 Å². The van der Waals surface area contributed by atoms with E-state index >= 15 is 0 Å². The molecular weight excluding hydrogens is 354 g/mol. The molecule has 0 atom stereocenters. The van der Waals surface area contributed by atoms with Gasteiger partial charge in [-0.25, -0.2) is 4.79 Å². The van der Waals surface area contributed by atoms with E-state index in [0.29, 0.717) is 24.6 Å². The molecule has 8 nitrogen and oxygen atoms in total. The Labute approximate surface area is 156 Å². The Morgan fingerprint density at radius 3 is 2.62 bits per heavy atom. The van der Waals surface area contributed by atoms with Crippen molar-refractivity contribution in [3.05, 3.63) is 16.4 Å². The van der Waals surface area contributed by atoms with Crippen molar-refractivity contribution in [1.82, 2.24) is 24.8 Å². The number of piperidine rings is 1. The molecule has 1 aliphatic heterocycles. The fourth-order valence-electron chi connectivity index (χ4n) is 3.19. The van der Waals surface area contributed by atoms with Gasteiger partial charge in [-0.15, -0.1) is 10.2 Å². The summed E-state index contributed by atoms with van der Waals surface area (Å²) < 4.78 is 6.99. The molecule has 142 valence electrons. The molecule has 0 aliphatic carbocycles. The second kappa shape index (κ2) is 7.61. The summed E-state index contributed by atoms with van der Waals surface area (Å²) in [5.74, 6) is 1.03. The van der Waals surface area contributed by atoms with Gasteiger partial charge in [-0.05, 0) is 26.7 Å². The Hall–Kier alpha value is -2.16. The number of rotatable bonds is 4. The lowest BCUT2D eigenvalue weighted by Crippen LogP contribution is -2.46. The number of aromatic nitrogens is 3. The summed E-state index contributed by atoms with van der Waals surface area (Å²) in [5.41, 5.74) is 0.875. The zero-order valence-electron chi connectivity index (χ0n) is 15.6. The third-order valence-corrected chi connectivity index (χ3v) is 5.73.